The Morgan fingerprint density at radius 2 is 1.96 bits per heavy atom. The van der Waals surface area contributed by atoms with E-state index in [1.54, 1.807) is 7.05 Å². The highest BCUT2D eigenvalue weighted by atomic mass is 32.2. The van der Waals surface area contributed by atoms with E-state index in [-0.39, 0.29) is 11.9 Å². The van der Waals surface area contributed by atoms with Gasteiger partial charge in [0.05, 0.1) is 6.61 Å². The summed E-state index contributed by atoms with van der Waals surface area (Å²) < 4.78 is 32.9. The van der Waals surface area contributed by atoms with Crippen molar-refractivity contribution < 1.29 is 17.9 Å². The minimum absolute atomic E-state index is 0.0300. The summed E-state index contributed by atoms with van der Waals surface area (Å²) in [5.74, 6) is 0.636. The summed E-state index contributed by atoms with van der Waals surface area (Å²) in [7, 11) is 1.31. The van der Waals surface area contributed by atoms with Crippen LogP contribution in [0, 0.1) is 5.92 Å². The van der Waals surface area contributed by atoms with Gasteiger partial charge in [0.1, 0.15) is 11.6 Å². The molecule has 0 aromatic carbocycles. The topological polar surface area (TPSA) is 82.2 Å². The van der Waals surface area contributed by atoms with Gasteiger partial charge in [0, 0.05) is 47.3 Å². The molecular formula is C14H26N4O4S. The van der Waals surface area contributed by atoms with E-state index in [2.05, 4.69) is 10.2 Å². The fourth-order valence-corrected chi connectivity index (χ4v) is 4.56. The minimum Gasteiger partial charge on any atom is -0.369 e. The number of rotatable bonds is 5. The standard InChI is InChI=1S/C14H26N4O4S/c1-15-13(19)12-7-22-14(8-17(12)6-11-4-5-11)9-18(10-14)23(20,21)16(2)3/h11-12H,4-10H2,1-3H3,(H,15,19). The van der Waals surface area contributed by atoms with E-state index < -0.39 is 15.8 Å². The van der Waals surface area contributed by atoms with Crippen LogP contribution in [0.1, 0.15) is 12.8 Å². The molecule has 132 valence electrons. The zero-order valence-electron chi connectivity index (χ0n) is 14.0. The van der Waals surface area contributed by atoms with Gasteiger partial charge in [0.2, 0.25) is 5.91 Å². The van der Waals surface area contributed by atoms with Crippen LogP contribution < -0.4 is 5.32 Å². The highest BCUT2D eigenvalue weighted by Crippen LogP contribution is 2.36. The number of morpholine rings is 1. The summed E-state index contributed by atoms with van der Waals surface area (Å²) in [6.45, 7) is 2.54. The molecule has 0 bridgehead atoms. The normalized spacial score (nSPS) is 28.8. The first-order chi connectivity index (χ1) is 10.8. The predicted octanol–water partition coefficient (Wildman–Crippen LogP) is -1.30. The number of ether oxygens (including phenoxy) is 1. The van der Waals surface area contributed by atoms with Crippen molar-refractivity contribution in [1.29, 1.82) is 0 Å². The first-order valence-electron chi connectivity index (χ1n) is 8.05. The molecule has 1 aliphatic carbocycles. The van der Waals surface area contributed by atoms with Gasteiger partial charge >= 0.3 is 0 Å². The van der Waals surface area contributed by atoms with Crippen molar-refractivity contribution in [3.63, 3.8) is 0 Å². The molecule has 1 spiro atoms. The Kier molecular flexibility index (Phi) is 4.43. The van der Waals surface area contributed by atoms with Crippen LogP contribution in [0.3, 0.4) is 0 Å². The third-order valence-electron chi connectivity index (χ3n) is 4.93. The summed E-state index contributed by atoms with van der Waals surface area (Å²) in [5, 5.41) is 2.70. The van der Waals surface area contributed by atoms with E-state index in [4.69, 9.17) is 4.74 Å². The van der Waals surface area contributed by atoms with Gasteiger partial charge in [-0.05, 0) is 18.8 Å². The van der Waals surface area contributed by atoms with Crippen LogP contribution in [-0.2, 0) is 19.7 Å². The van der Waals surface area contributed by atoms with Crippen LogP contribution in [0.15, 0.2) is 0 Å². The van der Waals surface area contributed by atoms with Gasteiger partial charge in [0.25, 0.3) is 10.2 Å². The number of amides is 1. The molecule has 0 aromatic heterocycles. The Morgan fingerprint density at radius 3 is 2.48 bits per heavy atom. The third-order valence-corrected chi connectivity index (χ3v) is 6.77. The summed E-state index contributed by atoms with van der Waals surface area (Å²) in [4.78, 5) is 14.2. The number of carbonyl (C=O) groups excluding carboxylic acids is 1. The lowest BCUT2D eigenvalue weighted by Crippen LogP contribution is -2.74. The number of hydrogen-bond acceptors (Lipinski definition) is 5. The SMILES string of the molecule is CNC(=O)C1COC2(CN1CC1CC1)CN(S(=O)(=O)N(C)C)C2. The van der Waals surface area contributed by atoms with E-state index in [1.165, 1.54) is 35.5 Å². The minimum atomic E-state index is -3.39. The molecule has 0 aromatic rings. The van der Waals surface area contributed by atoms with Crippen molar-refractivity contribution in [1.82, 2.24) is 18.8 Å². The van der Waals surface area contributed by atoms with Gasteiger partial charge in [-0.25, -0.2) is 0 Å². The van der Waals surface area contributed by atoms with Crippen molar-refractivity contribution in [2.75, 3.05) is 53.9 Å². The fourth-order valence-electron chi connectivity index (χ4n) is 3.30. The monoisotopic (exact) mass is 346 g/mol. The third kappa shape index (κ3) is 3.25. The molecule has 1 N–H and O–H groups in total. The predicted molar refractivity (Wildman–Crippen MR) is 85.0 cm³/mol. The van der Waals surface area contributed by atoms with Gasteiger partial charge < -0.3 is 10.1 Å². The van der Waals surface area contributed by atoms with Crippen molar-refractivity contribution in [2.24, 2.45) is 5.92 Å². The van der Waals surface area contributed by atoms with Crippen LogP contribution in [0.25, 0.3) is 0 Å². The second-order valence-electron chi connectivity index (χ2n) is 7.06. The van der Waals surface area contributed by atoms with Crippen LogP contribution in [0.5, 0.6) is 0 Å². The molecule has 2 aliphatic heterocycles. The van der Waals surface area contributed by atoms with Crippen molar-refractivity contribution in [3.8, 4) is 0 Å². The van der Waals surface area contributed by atoms with Gasteiger partial charge in [0.15, 0.2) is 0 Å². The summed E-state index contributed by atoms with van der Waals surface area (Å²) >= 11 is 0. The molecular weight excluding hydrogens is 320 g/mol. The lowest BCUT2D eigenvalue weighted by Gasteiger charge is -2.54. The lowest BCUT2D eigenvalue weighted by molar-refractivity contribution is -0.185. The van der Waals surface area contributed by atoms with E-state index in [0.717, 1.165) is 6.54 Å². The lowest BCUT2D eigenvalue weighted by atomic mass is 9.92. The fraction of sp³-hybridized carbons (Fsp3) is 0.929. The molecule has 2 saturated heterocycles. The van der Waals surface area contributed by atoms with E-state index in [1.807, 2.05) is 0 Å². The van der Waals surface area contributed by atoms with Crippen LogP contribution >= 0.6 is 0 Å². The van der Waals surface area contributed by atoms with E-state index >= 15 is 0 Å². The summed E-state index contributed by atoms with van der Waals surface area (Å²) in [6, 6.07) is -0.272. The van der Waals surface area contributed by atoms with Gasteiger partial charge in [-0.1, -0.05) is 0 Å². The molecule has 1 unspecified atom stereocenters. The summed E-state index contributed by atoms with van der Waals surface area (Å²) in [6.07, 6.45) is 2.43. The van der Waals surface area contributed by atoms with Gasteiger partial charge in [-0.3, -0.25) is 9.69 Å². The highest BCUT2D eigenvalue weighted by molar-refractivity contribution is 7.86. The molecule has 8 nitrogen and oxygen atoms in total. The zero-order valence-corrected chi connectivity index (χ0v) is 14.8. The second-order valence-corrected chi connectivity index (χ2v) is 9.20. The molecule has 3 rings (SSSR count). The number of hydrogen-bond donors (Lipinski definition) is 1. The molecule has 23 heavy (non-hydrogen) atoms. The van der Waals surface area contributed by atoms with E-state index in [9.17, 15) is 13.2 Å². The molecule has 1 amide bonds. The molecule has 0 radical (unpaired) electrons. The first kappa shape index (κ1) is 17.1. The van der Waals surface area contributed by atoms with Gasteiger partial charge in [-0.2, -0.15) is 17.0 Å². The average Bonchev–Trinajstić information content (AvgIpc) is 3.27. The van der Waals surface area contributed by atoms with Crippen molar-refractivity contribution >= 4 is 16.1 Å². The number of carbonyl (C=O) groups is 1. The highest BCUT2D eigenvalue weighted by Gasteiger charge is 2.54. The molecule has 2 heterocycles. The number of nitrogens with one attached hydrogen (secondary N) is 1. The van der Waals surface area contributed by atoms with Crippen molar-refractivity contribution in [2.45, 2.75) is 24.5 Å². The largest absolute Gasteiger partial charge is 0.369 e. The Balaban J connectivity index is 1.66. The molecule has 9 heteroatoms. The average molecular weight is 346 g/mol. The first-order valence-corrected chi connectivity index (χ1v) is 9.44. The maximum atomic E-state index is 12.1. The molecule has 1 atom stereocenters. The Labute approximate surface area is 137 Å². The number of nitrogens with zero attached hydrogens (tertiary/aromatic N) is 3. The number of likely N-dealkylation sites (N-methyl/N-ethyl adjacent to an activating group) is 1. The maximum Gasteiger partial charge on any atom is 0.281 e. The maximum absolute atomic E-state index is 12.1. The Hall–Kier alpha value is -0.740. The van der Waals surface area contributed by atoms with Crippen LogP contribution in [-0.4, -0.2) is 93.4 Å². The Bertz CT molecular complexity index is 569. The zero-order chi connectivity index (χ0) is 16.8. The van der Waals surface area contributed by atoms with Crippen molar-refractivity contribution in [3.05, 3.63) is 0 Å². The van der Waals surface area contributed by atoms with E-state index in [0.29, 0.717) is 32.2 Å². The molecule has 1 saturated carbocycles. The quantitative estimate of drug-likeness (QED) is 0.669. The van der Waals surface area contributed by atoms with Crippen LogP contribution in [0.4, 0.5) is 0 Å². The smallest absolute Gasteiger partial charge is 0.281 e. The Morgan fingerprint density at radius 1 is 1.30 bits per heavy atom. The second kappa shape index (κ2) is 5.96. The molecule has 3 fully saturated rings. The van der Waals surface area contributed by atoms with Crippen LogP contribution in [0.2, 0.25) is 0 Å². The van der Waals surface area contributed by atoms with Gasteiger partial charge in [-0.15, -0.1) is 0 Å². The summed E-state index contributed by atoms with van der Waals surface area (Å²) in [5.41, 5.74) is -0.470. The molecule has 3 aliphatic rings.